The fourth-order valence-electron chi connectivity index (χ4n) is 3.07. The van der Waals surface area contributed by atoms with Crippen LogP contribution in [0.5, 0.6) is 5.75 Å². The lowest BCUT2D eigenvalue weighted by molar-refractivity contribution is 0.183. The van der Waals surface area contributed by atoms with Crippen LogP contribution in [-0.2, 0) is 0 Å². The van der Waals surface area contributed by atoms with Gasteiger partial charge >= 0.3 is 0 Å². The second-order valence-corrected chi connectivity index (χ2v) is 6.84. The third-order valence-corrected chi connectivity index (χ3v) is 5.21. The van der Waals surface area contributed by atoms with Crippen molar-refractivity contribution >= 4 is 21.6 Å². The van der Waals surface area contributed by atoms with Crippen LogP contribution in [0.15, 0.2) is 40.2 Å². The Labute approximate surface area is 139 Å². The van der Waals surface area contributed by atoms with Gasteiger partial charge in [0, 0.05) is 12.1 Å². The van der Waals surface area contributed by atoms with E-state index in [1.165, 1.54) is 32.4 Å². The molecule has 0 spiro atoms. The fraction of sp³-hybridized carbons (Fsp3) is 0.389. The first-order chi connectivity index (χ1) is 11.4. The van der Waals surface area contributed by atoms with Crippen molar-refractivity contribution in [3.05, 3.63) is 35.7 Å². The van der Waals surface area contributed by atoms with Crippen molar-refractivity contribution in [3.63, 3.8) is 0 Å². The minimum Gasteiger partial charge on any atom is -0.492 e. The Hall–Kier alpha value is -1.85. The molecule has 4 rings (SSSR count). The van der Waals surface area contributed by atoms with Gasteiger partial charge in [0.05, 0.1) is 0 Å². The summed E-state index contributed by atoms with van der Waals surface area (Å²) >= 11 is 1.65. The number of nitrogens with zero attached hydrogens (tertiary/aromatic N) is 2. The summed E-state index contributed by atoms with van der Waals surface area (Å²) in [5, 5.41) is 6.22. The Morgan fingerprint density at radius 1 is 1.17 bits per heavy atom. The van der Waals surface area contributed by atoms with Crippen LogP contribution < -0.4 is 4.74 Å². The first-order valence-electron chi connectivity index (χ1n) is 8.18. The number of benzene rings is 1. The summed E-state index contributed by atoms with van der Waals surface area (Å²) in [6.45, 7) is 4.15. The van der Waals surface area contributed by atoms with E-state index < -0.39 is 0 Å². The molecule has 1 aliphatic heterocycles. The molecule has 2 aromatic heterocycles. The topological polar surface area (TPSA) is 38.5 Å². The molecule has 5 heteroatoms. The van der Waals surface area contributed by atoms with Crippen LogP contribution in [0.3, 0.4) is 0 Å². The van der Waals surface area contributed by atoms with Gasteiger partial charge in [-0.1, -0.05) is 23.7 Å². The molecule has 3 heterocycles. The molecular formula is C18H20N2O2S. The van der Waals surface area contributed by atoms with Crippen LogP contribution in [0.4, 0.5) is 0 Å². The van der Waals surface area contributed by atoms with Crippen molar-refractivity contribution in [2.75, 3.05) is 26.2 Å². The summed E-state index contributed by atoms with van der Waals surface area (Å²) in [6, 6.07) is 10.1. The maximum absolute atomic E-state index is 5.94. The Bertz CT molecular complexity index is 774. The summed E-state index contributed by atoms with van der Waals surface area (Å²) in [5.74, 6) is 0.896. The van der Waals surface area contributed by atoms with E-state index in [0.29, 0.717) is 0 Å². The van der Waals surface area contributed by atoms with Crippen LogP contribution in [0.1, 0.15) is 19.3 Å². The quantitative estimate of drug-likeness (QED) is 0.695. The Morgan fingerprint density at radius 2 is 2.09 bits per heavy atom. The maximum atomic E-state index is 5.94. The lowest BCUT2D eigenvalue weighted by Gasteiger charge is -2.26. The summed E-state index contributed by atoms with van der Waals surface area (Å²) in [7, 11) is 0. The fourth-order valence-corrected chi connectivity index (χ4v) is 3.89. The van der Waals surface area contributed by atoms with Gasteiger partial charge in [-0.05, 0) is 49.5 Å². The number of piperidine rings is 1. The van der Waals surface area contributed by atoms with Crippen molar-refractivity contribution in [1.29, 1.82) is 0 Å². The van der Waals surface area contributed by atoms with Gasteiger partial charge in [0.2, 0.25) is 0 Å². The highest BCUT2D eigenvalue weighted by atomic mass is 32.1. The van der Waals surface area contributed by atoms with Gasteiger partial charge in [-0.2, -0.15) is 0 Å². The number of hydrogen-bond acceptors (Lipinski definition) is 5. The molecule has 0 aliphatic carbocycles. The van der Waals surface area contributed by atoms with E-state index >= 15 is 0 Å². The van der Waals surface area contributed by atoms with Crippen molar-refractivity contribution in [1.82, 2.24) is 10.1 Å². The molecule has 0 radical (unpaired) electrons. The highest BCUT2D eigenvalue weighted by molar-refractivity contribution is 7.17. The van der Waals surface area contributed by atoms with Gasteiger partial charge in [0.25, 0.3) is 0 Å². The van der Waals surface area contributed by atoms with Crippen LogP contribution >= 0.6 is 11.3 Å². The Balaban J connectivity index is 1.43. The number of rotatable bonds is 5. The average Bonchev–Trinajstić information content (AvgIpc) is 3.19. The first-order valence-corrected chi connectivity index (χ1v) is 9.06. The summed E-state index contributed by atoms with van der Waals surface area (Å²) in [6.07, 6.45) is 4.01. The Morgan fingerprint density at radius 3 is 3.00 bits per heavy atom. The highest BCUT2D eigenvalue weighted by Gasteiger charge is 2.13. The Kier molecular flexibility index (Phi) is 4.30. The molecular weight excluding hydrogens is 308 g/mol. The molecule has 1 aromatic carbocycles. The SMILES string of the molecule is c1cc(OCCN2CCCCC2)cc(-c2noc3ccsc23)c1. The van der Waals surface area contributed by atoms with Gasteiger partial charge in [-0.15, -0.1) is 11.3 Å². The molecule has 0 unspecified atom stereocenters. The molecule has 0 saturated carbocycles. The summed E-state index contributed by atoms with van der Waals surface area (Å²) in [5.41, 5.74) is 2.79. The van der Waals surface area contributed by atoms with Crippen LogP contribution in [0.2, 0.25) is 0 Å². The van der Waals surface area contributed by atoms with E-state index in [-0.39, 0.29) is 0 Å². The molecule has 0 bridgehead atoms. The summed E-state index contributed by atoms with van der Waals surface area (Å²) < 4.78 is 12.4. The molecule has 0 atom stereocenters. The third-order valence-electron chi connectivity index (χ3n) is 4.31. The lowest BCUT2D eigenvalue weighted by Crippen LogP contribution is -2.33. The van der Waals surface area contributed by atoms with Crippen LogP contribution in [0, 0.1) is 0 Å². The predicted molar refractivity (Wildman–Crippen MR) is 93.1 cm³/mol. The largest absolute Gasteiger partial charge is 0.492 e. The predicted octanol–water partition coefficient (Wildman–Crippen LogP) is 4.42. The molecule has 3 aromatic rings. The van der Waals surface area contributed by atoms with E-state index in [2.05, 4.69) is 16.1 Å². The molecule has 120 valence electrons. The zero-order valence-electron chi connectivity index (χ0n) is 13.0. The molecule has 1 saturated heterocycles. The van der Waals surface area contributed by atoms with Crippen molar-refractivity contribution in [3.8, 4) is 17.0 Å². The van der Waals surface area contributed by atoms with Gasteiger partial charge in [-0.3, -0.25) is 4.90 Å². The highest BCUT2D eigenvalue weighted by Crippen LogP contribution is 2.33. The number of ether oxygens (including phenoxy) is 1. The van der Waals surface area contributed by atoms with Crippen molar-refractivity contribution < 1.29 is 9.26 Å². The van der Waals surface area contributed by atoms with Crippen LogP contribution in [-0.4, -0.2) is 36.3 Å². The van der Waals surface area contributed by atoms with E-state index in [9.17, 15) is 0 Å². The monoisotopic (exact) mass is 328 g/mol. The number of thiophene rings is 1. The molecule has 1 aliphatic rings. The van der Waals surface area contributed by atoms with Gasteiger partial charge in [-0.25, -0.2) is 0 Å². The van der Waals surface area contributed by atoms with Gasteiger partial charge in [0.1, 0.15) is 22.8 Å². The van der Waals surface area contributed by atoms with Gasteiger partial charge in [0.15, 0.2) is 5.58 Å². The van der Waals surface area contributed by atoms with Crippen molar-refractivity contribution in [2.45, 2.75) is 19.3 Å². The van der Waals surface area contributed by atoms with Crippen molar-refractivity contribution in [2.24, 2.45) is 0 Å². The third kappa shape index (κ3) is 3.26. The van der Waals surface area contributed by atoms with Gasteiger partial charge < -0.3 is 9.26 Å². The van der Waals surface area contributed by atoms with Crippen LogP contribution in [0.25, 0.3) is 21.5 Å². The normalized spacial score (nSPS) is 16.0. The van der Waals surface area contributed by atoms with E-state index in [0.717, 1.165) is 40.4 Å². The smallest absolute Gasteiger partial charge is 0.178 e. The minimum absolute atomic E-state index is 0.733. The molecule has 4 nitrogen and oxygen atoms in total. The second kappa shape index (κ2) is 6.72. The molecule has 0 amide bonds. The molecule has 1 fully saturated rings. The summed E-state index contributed by atoms with van der Waals surface area (Å²) in [4.78, 5) is 2.49. The number of likely N-dealkylation sites (tertiary alicyclic amines) is 1. The second-order valence-electron chi connectivity index (χ2n) is 5.92. The first kappa shape index (κ1) is 14.7. The number of aromatic nitrogens is 1. The lowest BCUT2D eigenvalue weighted by atomic mass is 10.1. The van der Waals surface area contributed by atoms with E-state index in [1.54, 1.807) is 11.3 Å². The average molecular weight is 328 g/mol. The minimum atomic E-state index is 0.733. The molecule has 23 heavy (non-hydrogen) atoms. The maximum Gasteiger partial charge on any atom is 0.178 e. The zero-order chi connectivity index (χ0) is 15.5. The van der Waals surface area contributed by atoms with E-state index in [1.807, 2.05) is 29.6 Å². The van der Waals surface area contributed by atoms with E-state index in [4.69, 9.17) is 9.26 Å². The standard InChI is InChI=1S/C18H20N2O2S/c1-2-8-20(9-3-1)10-11-21-15-6-4-5-14(13-15)17-18-16(22-19-17)7-12-23-18/h4-7,12-13H,1-3,8-11H2. The number of fused-ring (bicyclic) bond motifs is 1. The number of hydrogen-bond donors (Lipinski definition) is 0. The molecule has 0 N–H and O–H groups in total. The zero-order valence-corrected chi connectivity index (χ0v) is 13.8.